The third-order valence-electron chi connectivity index (χ3n) is 4.44. The summed E-state index contributed by atoms with van der Waals surface area (Å²) >= 11 is 0. The molecule has 1 aliphatic rings. The SMILES string of the molecule is CC(C)N(C)C1(CN)CCC(C)(C)CC1. The van der Waals surface area contributed by atoms with Crippen LogP contribution in [0.5, 0.6) is 0 Å². The molecule has 0 radical (unpaired) electrons. The number of nitrogens with two attached hydrogens (primary N) is 1. The van der Waals surface area contributed by atoms with E-state index in [1.807, 2.05) is 0 Å². The Balaban J connectivity index is 2.72. The van der Waals surface area contributed by atoms with E-state index in [2.05, 4.69) is 39.6 Å². The lowest BCUT2D eigenvalue weighted by Crippen LogP contribution is -2.57. The second-order valence-electron chi connectivity index (χ2n) is 6.30. The molecule has 2 nitrogen and oxygen atoms in total. The zero-order chi connectivity index (χ0) is 11.7. The third kappa shape index (κ3) is 2.73. The zero-order valence-corrected chi connectivity index (χ0v) is 11.1. The summed E-state index contributed by atoms with van der Waals surface area (Å²) in [4.78, 5) is 2.49. The topological polar surface area (TPSA) is 29.3 Å². The van der Waals surface area contributed by atoms with Gasteiger partial charge in [-0.2, -0.15) is 0 Å². The minimum absolute atomic E-state index is 0.268. The molecule has 90 valence electrons. The van der Waals surface area contributed by atoms with E-state index in [0.29, 0.717) is 11.5 Å². The van der Waals surface area contributed by atoms with Gasteiger partial charge in [0.2, 0.25) is 0 Å². The summed E-state index contributed by atoms with van der Waals surface area (Å²) < 4.78 is 0. The molecule has 0 spiro atoms. The molecule has 15 heavy (non-hydrogen) atoms. The summed E-state index contributed by atoms with van der Waals surface area (Å²) in [7, 11) is 2.23. The fourth-order valence-corrected chi connectivity index (χ4v) is 2.64. The van der Waals surface area contributed by atoms with Crippen LogP contribution in [-0.2, 0) is 0 Å². The van der Waals surface area contributed by atoms with Gasteiger partial charge in [-0.05, 0) is 52.0 Å². The first-order valence-electron chi connectivity index (χ1n) is 6.26. The number of nitrogens with zero attached hydrogens (tertiary/aromatic N) is 1. The second kappa shape index (κ2) is 4.42. The van der Waals surface area contributed by atoms with Crippen molar-refractivity contribution in [3.8, 4) is 0 Å². The molecule has 1 aliphatic carbocycles. The Morgan fingerprint density at radius 1 is 1.13 bits per heavy atom. The Morgan fingerprint density at radius 2 is 1.60 bits per heavy atom. The Hall–Kier alpha value is -0.0800. The van der Waals surface area contributed by atoms with Crippen molar-refractivity contribution < 1.29 is 0 Å². The Kier molecular flexibility index (Phi) is 3.83. The molecule has 0 saturated heterocycles. The molecule has 0 atom stereocenters. The fraction of sp³-hybridized carbons (Fsp3) is 1.00. The predicted octanol–water partition coefficient (Wildman–Crippen LogP) is 2.62. The lowest BCUT2D eigenvalue weighted by molar-refractivity contribution is 0.0221. The maximum Gasteiger partial charge on any atom is 0.0331 e. The van der Waals surface area contributed by atoms with Crippen molar-refractivity contribution in [1.29, 1.82) is 0 Å². The van der Waals surface area contributed by atoms with Crippen molar-refractivity contribution in [3.63, 3.8) is 0 Å². The van der Waals surface area contributed by atoms with E-state index in [1.54, 1.807) is 0 Å². The van der Waals surface area contributed by atoms with Gasteiger partial charge >= 0.3 is 0 Å². The first-order valence-corrected chi connectivity index (χ1v) is 6.26. The molecule has 2 heteroatoms. The minimum atomic E-state index is 0.268. The van der Waals surface area contributed by atoms with Crippen molar-refractivity contribution >= 4 is 0 Å². The van der Waals surface area contributed by atoms with Crippen molar-refractivity contribution in [2.45, 2.75) is 65.0 Å². The van der Waals surface area contributed by atoms with Gasteiger partial charge in [-0.3, -0.25) is 4.90 Å². The molecule has 1 saturated carbocycles. The molecule has 1 fully saturated rings. The molecule has 0 aromatic heterocycles. The van der Waals surface area contributed by atoms with E-state index in [0.717, 1.165) is 6.54 Å². The lowest BCUT2D eigenvalue weighted by Gasteiger charge is -2.50. The average Bonchev–Trinajstić information content (AvgIpc) is 2.18. The van der Waals surface area contributed by atoms with Gasteiger partial charge in [0.25, 0.3) is 0 Å². The van der Waals surface area contributed by atoms with Crippen molar-refractivity contribution in [1.82, 2.24) is 4.90 Å². The van der Waals surface area contributed by atoms with Crippen LogP contribution < -0.4 is 5.73 Å². The molecule has 0 aromatic carbocycles. The third-order valence-corrected chi connectivity index (χ3v) is 4.44. The summed E-state index contributed by atoms with van der Waals surface area (Å²) in [6.07, 6.45) is 5.12. The Labute approximate surface area is 95.2 Å². The molecule has 0 bridgehead atoms. The van der Waals surface area contributed by atoms with E-state index in [4.69, 9.17) is 5.73 Å². The second-order valence-corrected chi connectivity index (χ2v) is 6.30. The smallest absolute Gasteiger partial charge is 0.0331 e. The van der Waals surface area contributed by atoms with Crippen LogP contribution in [0.1, 0.15) is 53.4 Å². The van der Waals surface area contributed by atoms with Gasteiger partial charge in [0.1, 0.15) is 0 Å². The van der Waals surface area contributed by atoms with Crippen LogP contribution in [0.15, 0.2) is 0 Å². The van der Waals surface area contributed by atoms with Gasteiger partial charge in [-0.25, -0.2) is 0 Å². The highest BCUT2D eigenvalue weighted by molar-refractivity contribution is 4.97. The molecule has 1 rings (SSSR count). The molecule has 0 unspecified atom stereocenters. The molecule has 0 heterocycles. The molecule has 2 N–H and O–H groups in total. The van der Waals surface area contributed by atoms with E-state index in [-0.39, 0.29) is 5.54 Å². The van der Waals surface area contributed by atoms with E-state index in [9.17, 15) is 0 Å². The quantitative estimate of drug-likeness (QED) is 0.779. The monoisotopic (exact) mass is 212 g/mol. The van der Waals surface area contributed by atoms with Crippen LogP contribution in [0.3, 0.4) is 0 Å². The first-order chi connectivity index (χ1) is 6.83. The number of hydrogen-bond donors (Lipinski definition) is 1. The molecular formula is C13H28N2. The van der Waals surface area contributed by atoms with Crippen molar-refractivity contribution in [2.75, 3.05) is 13.6 Å². The van der Waals surface area contributed by atoms with Crippen LogP contribution in [0.2, 0.25) is 0 Å². The summed E-state index contributed by atoms with van der Waals surface area (Å²) in [6.45, 7) is 10.1. The normalized spacial score (nSPS) is 24.8. The Morgan fingerprint density at radius 3 is 1.93 bits per heavy atom. The summed E-state index contributed by atoms with van der Waals surface area (Å²) in [5.74, 6) is 0. The van der Waals surface area contributed by atoms with Gasteiger partial charge in [0, 0.05) is 18.1 Å². The van der Waals surface area contributed by atoms with Gasteiger partial charge in [-0.1, -0.05) is 13.8 Å². The van der Waals surface area contributed by atoms with E-state index >= 15 is 0 Å². The van der Waals surface area contributed by atoms with Crippen LogP contribution in [-0.4, -0.2) is 30.1 Å². The number of rotatable bonds is 3. The summed E-state index contributed by atoms with van der Waals surface area (Å²) in [5, 5.41) is 0. The maximum absolute atomic E-state index is 6.02. The molecular weight excluding hydrogens is 184 g/mol. The summed E-state index contributed by atoms with van der Waals surface area (Å²) in [6, 6.07) is 0.592. The Bertz CT molecular complexity index is 199. The van der Waals surface area contributed by atoms with Gasteiger partial charge in [-0.15, -0.1) is 0 Å². The average molecular weight is 212 g/mol. The van der Waals surface area contributed by atoms with Gasteiger partial charge in [0.15, 0.2) is 0 Å². The molecule has 0 amide bonds. The van der Waals surface area contributed by atoms with Crippen LogP contribution in [0.4, 0.5) is 0 Å². The highest BCUT2D eigenvalue weighted by Crippen LogP contribution is 2.42. The zero-order valence-electron chi connectivity index (χ0n) is 11.1. The van der Waals surface area contributed by atoms with E-state index < -0.39 is 0 Å². The number of likely N-dealkylation sites (N-methyl/N-ethyl adjacent to an activating group) is 1. The van der Waals surface area contributed by atoms with Gasteiger partial charge in [0.05, 0.1) is 0 Å². The largest absolute Gasteiger partial charge is 0.329 e. The fourth-order valence-electron chi connectivity index (χ4n) is 2.64. The highest BCUT2D eigenvalue weighted by Gasteiger charge is 2.40. The highest BCUT2D eigenvalue weighted by atomic mass is 15.2. The van der Waals surface area contributed by atoms with Crippen molar-refractivity contribution in [3.05, 3.63) is 0 Å². The number of hydrogen-bond acceptors (Lipinski definition) is 2. The summed E-state index contributed by atoms with van der Waals surface area (Å²) in [5.41, 5.74) is 6.82. The standard InChI is InChI=1S/C13H28N2/c1-11(2)15(5)13(10-14)8-6-12(3,4)7-9-13/h11H,6-10,14H2,1-5H3. The predicted molar refractivity (Wildman–Crippen MR) is 66.9 cm³/mol. The maximum atomic E-state index is 6.02. The first kappa shape index (κ1) is 13.0. The van der Waals surface area contributed by atoms with Crippen LogP contribution >= 0.6 is 0 Å². The van der Waals surface area contributed by atoms with Crippen molar-refractivity contribution in [2.24, 2.45) is 11.1 Å². The molecule has 0 aliphatic heterocycles. The minimum Gasteiger partial charge on any atom is -0.329 e. The lowest BCUT2D eigenvalue weighted by atomic mass is 9.68. The van der Waals surface area contributed by atoms with Crippen LogP contribution in [0.25, 0.3) is 0 Å². The van der Waals surface area contributed by atoms with Gasteiger partial charge < -0.3 is 5.73 Å². The van der Waals surface area contributed by atoms with E-state index in [1.165, 1.54) is 25.7 Å². The van der Waals surface area contributed by atoms with Crippen LogP contribution in [0, 0.1) is 5.41 Å². The molecule has 0 aromatic rings.